The van der Waals surface area contributed by atoms with Crippen LogP contribution in [0.15, 0.2) is 89.6 Å². The molecule has 0 unspecified atom stereocenters. The SMILES string of the molecule is CCCCN1/C(=C/C=C/C=C/C(=N\CCCCCC(=O)NCCCNCCCCNCCCN)C(C)(C)c2ccccc2C)C(C)(C)c2ccccc21. The van der Waals surface area contributed by atoms with E-state index < -0.39 is 0 Å². The number of amides is 1. The molecule has 1 aliphatic heterocycles. The molecule has 0 atom stereocenters. The third kappa shape index (κ3) is 14.3. The largest absolute Gasteiger partial charge is 0.356 e. The number of aliphatic imine (C=N–C) groups is 1. The van der Waals surface area contributed by atoms with Gasteiger partial charge in [0.15, 0.2) is 0 Å². The summed E-state index contributed by atoms with van der Waals surface area (Å²) in [5.74, 6) is 0.154. The lowest BCUT2D eigenvalue weighted by Gasteiger charge is -2.28. The van der Waals surface area contributed by atoms with Gasteiger partial charge in [0, 0.05) is 54.0 Å². The van der Waals surface area contributed by atoms with Crippen LogP contribution in [0.5, 0.6) is 0 Å². The lowest BCUT2D eigenvalue weighted by Crippen LogP contribution is -2.29. The van der Waals surface area contributed by atoms with Crippen molar-refractivity contribution < 1.29 is 4.79 Å². The maximum Gasteiger partial charge on any atom is 0.219 e. The number of carbonyl (C=O) groups is 1. The number of nitrogens with two attached hydrogens (primary N) is 1. The molecule has 0 saturated carbocycles. The minimum atomic E-state index is -0.240. The van der Waals surface area contributed by atoms with Gasteiger partial charge < -0.3 is 26.6 Å². The Balaban J connectivity index is 1.50. The van der Waals surface area contributed by atoms with E-state index in [0.29, 0.717) is 6.42 Å². The molecule has 1 aliphatic rings. The number of benzene rings is 2. The molecule has 7 nitrogen and oxygen atoms in total. The van der Waals surface area contributed by atoms with Crippen molar-refractivity contribution in [1.82, 2.24) is 16.0 Å². The monoisotopic (exact) mass is 725 g/mol. The molecule has 7 heteroatoms. The number of fused-ring (bicyclic) bond motifs is 1. The Morgan fingerprint density at radius 3 is 2.26 bits per heavy atom. The number of nitrogens with one attached hydrogen (secondary N) is 3. The summed E-state index contributed by atoms with van der Waals surface area (Å²) in [4.78, 5) is 20.1. The van der Waals surface area contributed by atoms with Crippen molar-refractivity contribution >= 4 is 17.3 Å². The second-order valence-electron chi connectivity index (χ2n) is 15.5. The average Bonchev–Trinajstić information content (AvgIpc) is 3.36. The molecule has 0 aliphatic carbocycles. The van der Waals surface area contributed by atoms with Gasteiger partial charge in [-0.1, -0.05) is 108 Å². The zero-order chi connectivity index (χ0) is 38.4. The van der Waals surface area contributed by atoms with E-state index in [1.54, 1.807) is 0 Å². The molecule has 2 aromatic rings. The molecule has 3 rings (SSSR count). The minimum absolute atomic E-state index is 0.0433. The molecule has 292 valence electrons. The summed E-state index contributed by atoms with van der Waals surface area (Å²) in [6, 6.07) is 17.5. The van der Waals surface area contributed by atoms with Gasteiger partial charge in [-0.2, -0.15) is 0 Å². The van der Waals surface area contributed by atoms with Crippen LogP contribution in [-0.2, 0) is 15.6 Å². The van der Waals surface area contributed by atoms with Crippen molar-refractivity contribution in [3.8, 4) is 0 Å². The smallest absolute Gasteiger partial charge is 0.219 e. The lowest BCUT2D eigenvalue weighted by atomic mass is 9.77. The fourth-order valence-electron chi connectivity index (χ4n) is 7.21. The number of para-hydroxylation sites is 1. The number of unbranched alkanes of at least 4 members (excludes halogenated alkanes) is 4. The van der Waals surface area contributed by atoms with Crippen molar-refractivity contribution in [1.29, 1.82) is 0 Å². The Labute approximate surface area is 323 Å². The number of aryl methyl sites for hydroxylation is 1. The molecule has 2 aromatic carbocycles. The molecule has 0 bridgehead atoms. The molecule has 0 aromatic heterocycles. The fourth-order valence-corrected chi connectivity index (χ4v) is 7.21. The Bertz CT molecular complexity index is 1490. The first kappa shape index (κ1) is 43.9. The molecular weight excluding hydrogens is 653 g/mol. The normalized spacial score (nSPS) is 15.3. The third-order valence-corrected chi connectivity index (χ3v) is 10.4. The van der Waals surface area contributed by atoms with Crippen LogP contribution in [0.2, 0.25) is 0 Å². The summed E-state index contributed by atoms with van der Waals surface area (Å²) in [6.45, 7) is 21.0. The summed E-state index contributed by atoms with van der Waals surface area (Å²) in [5, 5.41) is 9.98. The summed E-state index contributed by atoms with van der Waals surface area (Å²) >= 11 is 0. The molecule has 53 heavy (non-hydrogen) atoms. The van der Waals surface area contributed by atoms with Crippen molar-refractivity contribution in [3.63, 3.8) is 0 Å². The van der Waals surface area contributed by atoms with Gasteiger partial charge in [0.1, 0.15) is 0 Å². The first-order valence-electron chi connectivity index (χ1n) is 20.6. The number of anilines is 1. The molecule has 1 amide bonds. The molecule has 0 fully saturated rings. The van der Waals surface area contributed by atoms with E-state index in [0.717, 1.165) is 96.6 Å². The van der Waals surface area contributed by atoms with E-state index in [1.807, 2.05) is 0 Å². The van der Waals surface area contributed by atoms with Crippen molar-refractivity contribution in [2.24, 2.45) is 10.7 Å². The maximum atomic E-state index is 12.4. The van der Waals surface area contributed by atoms with E-state index in [2.05, 4.69) is 141 Å². The topological polar surface area (TPSA) is 94.8 Å². The van der Waals surface area contributed by atoms with E-state index >= 15 is 0 Å². The number of rotatable bonds is 26. The summed E-state index contributed by atoms with van der Waals surface area (Å²) in [7, 11) is 0. The Kier molecular flexibility index (Phi) is 19.9. The fraction of sp³-hybridized carbons (Fsp3) is 0.565. The van der Waals surface area contributed by atoms with Crippen LogP contribution in [-0.4, -0.2) is 64.0 Å². The van der Waals surface area contributed by atoms with Gasteiger partial charge in [-0.3, -0.25) is 9.79 Å². The first-order chi connectivity index (χ1) is 25.6. The standard InChI is InChI=1S/C46H72N6O/c1-7-8-37-52-41-26-17-16-25-40(41)46(5,6)43(52)28-12-9-11-27-42(45(3,4)39-24-15-14-23-38(39)2)50-35-18-10-13-29-44(53)51-36-22-34-49-32-20-19-31-48-33-21-30-47/h9,11-12,14-17,23-28,48-49H,7-8,10,13,18-22,29-37,47H2,1-6H3,(H,51,53)/b12-9+,27-11+,43-28+,50-42+. The molecule has 5 N–H and O–H groups in total. The van der Waals surface area contributed by atoms with Gasteiger partial charge >= 0.3 is 0 Å². The predicted octanol–water partition coefficient (Wildman–Crippen LogP) is 8.68. The van der Waals surface area contributed by atoms with E-state index in [4.69, 9.17) is 10.7 Å². The van der Waals surface area contributed by atoms with E-state index in [1.165, 1.54) is 47.3 Å². The van der Waals surface area contributed by atoms with Crippen LogP contribution in [0.3, 0.4) is 0 Å². The van der Waals surface area contributed by atoms with Crippen LogP contribution < -0.4 is 26.6 Å². The first-order valence-corrected chi connectivity index (χ1v) is 20.6. The second-order valence-corrected chi connectivity index (χ2v) is 15.5. The Hall–Kier alpha value is -3.52. The third-order valence-electron chi connectivity index (χ3n) is 10.4. The predicted molar refractivity (Wildman–Crippen MR) is 229 cm³/mol. The number of allylic oxidation sites excluding steroid dienone is 6. The van der Waals surface area contributed by atoms with Crippen molar-refractivity contribution in [2.45, 2.75) is 117 Å². The van der Waals surface area contributed by atoms with Crippen molar-refractivity contribution in [3.05, 3.63) is 101 Å². The highest BCUT2D eigenvalue weighted by molar-refractivity contribution is 6.03. The maximum absolute atomic E-state index is 12.4. The number of carbonyl (C=O) groups excluding carboxylic acids is 1. The zero-order valence-electron chi connectivity index (χ0n) is 34.1. The number of hydrogen-bond acceptors (Lipinski definition) is 6. The molecule has 0 radical (unpaired) electrons. The van der Waals surface area contributed by atoms with Crippen LogP contribution in [0.25, 0.3) is 0 Å². The van der Waals surface area contributed by atoms with Crippen LogP contribution in [0.4, 0.5) is 5.69 Å². The molecule has 0 spiro atoms. The van der Waals surface area contributed by atoms with Crippen LogP contribution in [0.1, 0.15) is 116 Å². The lowest BCUT2D eigenvalue weighted by molar-refractivity contribution is -0.121. The summed E-state index contributed by atoms with van der Waals surface area (Å²) < 4.78 is 0. The second kappa shape index (κ2) is 24.0. The van der Waals surface area contributed by atoms with Crippen LogP contribution in [0, 0.1) is 6.92 Å². The van der Waals surface area contributed by atoms with E-state index in [9.17, 15) is 4.79 Å². The van der Waals surface area contributed by atoms with Gasteiger partial charge in [-0.05, 0) is 120 Å². The van der Waals surface area contributed by atoms with Crippen molar-refractivity contribution in [2.75, 3.05) is 57.3 Å². The van der Waals surface area contributed by atoms with Gasteiger partial charge in [-0.25, -0.2) is 0 Å². The van der Waals surface area contributed by atoms with Gasteiger partial charge in [-0.15, -0.1) is 0 Å². The average molecular weight is 725 g/mol. The molecule has 0 saturated heterocycles. The number of hydrogen-bond donors (Lipinski definition) is 4. The highest BCUT2D eigenvalue weighted by Gasteiger charge is 2.39. The highest BCUT2D eigenvalue weighted by atomic mass is 16.1. The van der Waals surface area contributed by atoms with E-state index in [-0.39, 0.29) is 16.7 Å². The summed E-state index contributed by atoms with van der Waals surface area (Å²) in [5.41, 5.74) is 13.0. The molecule has 1 heterocycles. The Morgan fingerprint density at radius 2 is 1.53 bits per heavy atom. The highest BCUT2D eigenvalue weighted by Crippen LogP contribution is 2.47. The minimum Gasteiger partial charge on any atom is -0.356 e. The molecular formula is C46H72N6O. The quantitative estimate of drug-likeness (QED) is 0.0443. The van der Waals surface area contributed by atoms with Gasteiger partial charge in [0.05, 0.1) is 0 Å². The van der Waals surface area contributed by atoms with Crippen LogP contribution >= 0.6 is 0 Å². The van der Waals surface area contributed by atoms with Gasteiger partial charge in [0.25, 0.3) is 0 Å². The summed E-state index contributed by atoms with van der Waals surface area (Å²) in [6.07, 6.45) is 21.0. The zero-order valence-corrected chi connectivity index (χ0v) is 34.1. The Morgan fingerprint density at radius 1 is 0.830 bits per heavy atom. The number of nitrogens with zero attached hydrogens (tertiary/aromatic N) is 2. The van der Waals surface area contributed by atoms with Gasteiger partial charge in [0.2, 0.25) is 5.91 Å².